The third kappa shape index (κ3) is 3.79. The molecule has 106 valence electrons. The Kier molecular flexibility index (Phi) is 5.54. The smallest absolute Gasteiger partial charge is 0.169 e. The van der Waals surface area contributed by atoms with Gasteiger partial charge in [-0.2, -0.15) is 0 Å². The zero-order chi connectivity index (χ0) is 14.5. The molecule has 5 heteroatoms. The molecular formula is C15H12Br2F2O. The minimum atomic E-state index is -0.710. The molecule has 0 spiro atoms. The second kappa shape index (κ2) is 7.18. The predicted octanol–water partition coefficient (Wildman–Crippen LogP) is 5.28. The minimum absolute atomic E-state index is 0.0354. The van der Waals surface area contributed by atoms with E-state index in [0.717, 1.165) is 11.6 Å². The molecule has 2 aromatic rings. The van der Waals surface area contributed by atoms with Gasteiger partial charge in [0.15, 0.2) is 11.6 Å². The highest BCUT2D eigenvalue weighted by atomic mass is 79.9. The summed E-state index contributed by atoms with van der Waals surface area (Å²) in [4.78, 5) is 0. The maximum atomic E-state index is 13.7. The van der Waals surface area contributed by atoms with E-state index in [1.807, 2.05) is 30.3 Å². The Bertz CT molecular complexity index is 552. The van der Waals surface area contributed by atoms with Crippen LogP contribution in [0.5, 0.6) is 5.75 Å². The van der Waals surface area contributed by atoms with Gasteiger partial charge in [-0.05, 0) is 27.6 Å². The minimum Gasteiger partial charge on any atom is -0.489 e. The highest BCUT2D eigenvalue weighted by molar-refractivity contribution is 9.10. The third-order valence-corrected chi connectivity index (χ3v) is 4.22. The molecule has 1 unspecified atom stereocenters. The lowest BCUT2D eigenvalue weighted by Crippen LogP contribution is -2.12. The average Bonchev–Trinajstić information content (AvgIpc) is 2.43. The number of benzene rings is 2. The molecule has 0 aliphatic carbocycles. The van der Waals surface area contributed by atoms with Gasteiger partial charge in [-0.3, -0.25) is 0 Å². The quantitative estimate of drug-likeness (QED) is 0.614. The van der Waals surface area contributed by atoms with Gasteiger partial charge in [-0.1, -0.05) is 46.3 Å². The maximum Gasteiger partial charge on any atom is 0.169 e. The van der Waals surface area contributed by atoms with Gasteiger partial charge in [0.1, 0.15) is 5.82 Å². The fourth-order valence-corrected chi connectivity index (χ4v) is 2.89. The van der Waals surface area contributed by atoms with E-state index >= 15 is 0 Å². The summed E-state index contributed by atoms with van der Waals surface area (Å²) in [7, 11) is 0. The molecule has 0 saturated carbocycles. The van der Waals surface area contributed by atoms with Crippen LogP contribution in [0.2, 0.25) is 0 Å². The highest BCUT2D eigenvalue weighted by Gasteiger charge is 2.15. The van der Waals surface area contributed by atoms with Crippen molar-refractivity contribution in [3.8, 4) is 5.75 Å². The number of alkyl halides is 1. The van der Waals surface area contributed by atoms with Crippen molar-refractivity contribution in [3.05, 3.63) is 64.1 Å². The average molecular weight is 406 g/mol. The van der Waals surface area contributed by atoms with E-state index in [-0.39, 0.29) is 16.1 Å². The van der Waals surface area contributed by atoms with Crippen molar-refractivity contribution in [3.63, 3.8) is 0 Å². The van der Waals surface area contributed by atoms with Crippen molar-refractivity contribution in [1.82, 2.24) is 0 Å². The standard InChI is InChI=1S/C15H12Br2F2O/c16-8-11(10-4-2-1-3-5-10)9-20-15-13(17)6-12(18)7-14(15)19/h1-7,11H,8-9H2. The lowest BCUT2D eigenvalue weighted by molar-refractivity contribution is 0.281. The van der Waals surface area contributed by atoms with Gasteiger partial charge >= 0.3 is 0 Å². The zero-order valence-electron chi connectivity index (χ0n) is 10.5. The Morgan fingerprint density at radius 2 is 1.80 bits per heavy atom. The monoisotopic (exact) mass is 404 g/mol. The van der Waals surface area contributed by atoms with E-state index in [1.54, 1.807) is 0 Å². The Morgan fingerprint density at radius 3 is 2.40 bits per heavy atom. The Labute approximate surface area is 133 Å². The van der Waals surface area contributed by atoms with Crippen molar-refractivity contribution >= 4 is 31.9 Å². The van der Waals surface area contributed by atoms with Crippen LogP contribution in [-0.2, 0) is 0 Å². The molecule has 0 saturated heterocycles. The summed E-state index contributed by atoms with van der Waals surface area (Å²) in [5.41, 5.74) is 1.10. The van der Waals surface area contributed by atoms with Crippen molar-refractivity contribution in [1.29, 1.82) is 0 Å². The van der Waals surface area contributed by atoms with Crippen LogP contribution >= 0.6 is 31.9 Å². The first-order valence-corrected chi connectivity index (χ1v) is 7.91. The fraction of sp³-hybridized carbons (Fsp3) is 0.200. The molecule has 20 heavy (non-hydrogen) atoms. The molecule has 0 aliphatic heterocycles. The Hall–Kier alpha value is -0.940. The largest absolute Gasteiger partial charge is 0.489 e. The van der Waals surface area contributed by atoms with E-state index in [1.165, 1.54) is 6.07 Å². The zero-order valence-corrected chi connectivity index (χ0v) is 13.6. The van der Waals surface area contributed by atoms with Crippen LogP contribution in [0.15, 0.2) is 46.9 Å². The van der Waals surface area contributed by atoms with Crippen molar-refractivity contribution in [2.45, 2.75) is 5.92 Å². The lowest BCUT2D eigenvalue weighted by atomic mass is 10.0. The summed E-state index contributed by atoms with van der Waals surface area (Å²) >= 11 is 6.54. The number of ether oxygens (including phenoxy) is 1. The number of hydrogen-bond acceptors (Lipinski definition) is 1. The van der Waals surface area contributed by atoms with E-state index in [0.29, 0.717) is 11.9 Å². The number of halogens is 4. The molecule has 0 aliphatic rings. The topological polar surface area (TPSA) is 9.23 Å². The van der Waals surface area contributed by atoms with Crippen LogP contribution in [0.25, 0.3) is 0 Å². The van der Waals surface area contributed by atoms with E-state index in [9.17, 15) is 8.78 Å². The summed E-state index contributed by atoms with van der Waals surface area (Å²) in [6.45, 7) is 0.302. The summed E-state index contributed by atoms with van der Waals surface area (Å²) in [5, 5.41) is 0.692. The summed E-state index contributed by atoms with van der Waals surface area (Å²) < 4.78 is 32.5. The lowest BCUT2D eigenvalue weighted by Gasteiger charge is -2.17. The maximum absolute atomic E-state index is 13.7. The van der Waals surface area contributed by atoms with Crippen molar-refractivity contribution in [2.24, 2.45) is 0 Å². The second-order valence-corrected chi connectivity index (χ2v) is 5.77. The van der Waals surface area contributed by atoms with Gasteiger partial charge in [-0.25, -0.2) is 8.78 Å². The predicted molar refractivity (Wildman–Crippen MR) is 82.5 cm³/mol. The molecule has 0 aromatic heterocycles. The molecule has 0 amide bonds. The van der Waals surface area contributed by atoms with Crippen molar-refractivity contribution < 1.29 is 13.5 Å². The molecule has 2 aromatic carbocycles. The normalized spacial score (nSPS) is 12.2. The van der Waals surface area contributed by atoms with Gasteiger partial charge in [0.25, 0.3) is 0 Å². The summed E-state index contributed by atoms with van der Waals surface area (Å²) in [5.74, 6) is -1.22. The molecule has 1 atom stereocenters. The second-order valence-electron chi connectivity index (χ2n) is 4.27. The fourth-order valence-electron chi connectivity index (χ4n) is 1.81. The number of hydrogen-bond donors (Lipinski definition) is 0. The van der Waals surface area contributed by atoms with Gasteiger partial charge in [-0.15, -0.1) is 0 Å². The van der Waals surface area contributed by atoms with Crippen LogP contribution in [0.3, 0.4) is 0 Å². The first kappa shape index (κ1) is 15.4. The molecule has 0 N–H and O–H groups in total. The first-order chi connectivity index (χ1) is 9.61. The molecule has 0 heterocycles. The molecule has 0 radical (unpaired) electrons. The van der Waals surface area contributed by atoms with Crippen LogP contribution < -0.4 is 4.74 Å². The van der Waals surface area contributed by atoms with E-state index in [2.05, 4.69) is 31.9 Å². The number of rotatable bonds is 5. The summed E-state index contributed by atoms with van der Waals surface area (Å²) in [6, 6.07) is 11.8. The van der Waals surface area contributed by atoms with Gasteiger partial charge in [0.05, 0.1) is 11.1 Å². The van der Waals surface area contributed by atoms with E-state index in [4.69, 9.17) is 4.74 Å². The molecule has 0 fully saturated rings. The van der Waals surface area contributed by atoms with Gasteiger partial charge < -0.3 is 4.74 Å². The molecule has 0 bridgehead atoms. The van der Waals surface area contributed by atoms with Crippen LogP contribution in [0.4, 0.5) is 8.78 Å². The molecular weight excluding hydrogens is 394 g/mol. The molecule has 1 nitrogen and oxygen atoms in total. The van der Waals surface area contributed by atoms with Crippen LogP contribution in [-0.4, -0.2) is 11.9 Å². The van der Waals surface area contributed by atoms with E-state index < -0.39 is 11.6 Å². The summed E-state index contributed by atoms with van der Waals surface area (Å²) in [6.07, 6.45) is 0. The Morgan fingerprint density at radius 1 is 1.10 bits per heavy atom. The Balaban J connectivity index is 2.12. The first-order valence-electron chi connectivity index (χ1n) is 6.00. The van der Waals surface area contributed by atoms with Crippen LogP contribution in [0.1, 0.15) is 11.5 Å². The molecule has 2 rings (SSSR count). The van der Waals surface area contributed by atoms with Crippen molar-refractivity contribution in [2.75, 3.05) is 11.9 Å². The van der Waals surface area contributed by atoms with Gasteiger partial charge in [0.2, 0.25) is 0 Å². The van der Waals surface area contributed by atoms with Gasteiger partial charge in [0, 0.05) is 17.3 Å². The SMILES string of the molecule is Fc1cc(F)c(OCC(CBr)c2ccccc2)c(Br)c1. The highest BCUT2D eigenvalue weighted by Crippen LogP contribution is 2.30. The third-order valence-electron chi connectivity index (χ3n) is 2.85. The van der Waals surface area contributed by atoms with Crippen LogP contribution in [0, 0.1) is 11.6 Å².